The number of amidine groups is 1. The summed E-state index contributed by atoms with van der Waals surface area (Å²) in [5.74, 6) is 0.149. The summed E-state index contributed by atoms with van der Waals surface area (Å²) in [6.45, 7) is 3.01. The summed E-state index contributed by atoms with van der Waals surface area (Å²) in [5.41, 5.74) is 5.37. The van der Waals surface area contributed by atoms with Crippen LogP contribution in [0.5, 0.6) is 0 Å². The Kier molecular flexibility index (Phi) is 6.47. The molecule has 0 bridgehead atoms. The van der Waals surface area contributed by atoms with Gasteiger partial charge in [0.1, 0.15) is 5.84 Å². The van der Waals surface area contributed by atoms with E-state index in [-0.39, 0.29) is 17.7 Å². The molecular weight excluding hydrogens is 184 g/mol. The van der Waals surface area contributed by atoms with Crippen LogP contribution in [-0.4, -0.2) is 37.1 Å². The summed E-state index contributed by atoms with van der Waals surface area (Å²) in [4.78, 5) is 10.8. The molecule has 6 heteroatoms. The number of amides is 1. The van der Waals surface area contributed by atoms with Crippen molar-refractivity contribution >= 4 is 11.7 Å². The minimum Gasteiger partial charge on any atom is -0.409 e. The summed E-state index contributed by atoms with van der Waals surface area (Å²) >= 11 is 0. The standard InChI is InChI=1S/C8H18N4O2/c1-6(8(9)12-14)5-11-4-3-7(13)10-2/h6,11,14H,3-5H2,1-2H3,(H2,9,12)(H,10,13). The first-order valence-corrected chi connectivity index (χ1v) is 4.50. The van der Waals surface area contributed by atoms with Crippen molar-refractivity contribution in [1.29, 1.82) is 0 Å². The Bertz CT molecular complexity index is 206. The van der Waals surface area contributed by atoms with E-state index in [1.54, 1.807) is 7.05 Å². The van der Waals surface area contributed by atoms with E-state index in [2.05, 4.69) is 15.8 Å². The number of nitrogens with two attached hydrogens (primary N) is 1. The largest absolute Gasteiger partial charge is 0.409 e. The second-order valence-corrected chi connectivity index (χ2v) is 3.05. The molecule has 1 atom stereocenters. The van der Waals surface area contributed by atoms with Gasteiger partial charge in [-0.1, -0.05) is 12.1 Å². The van der Waals surface area contributed by atoms with Crippen LogP contribution in [0.4, 0.5) is 0 Å². The maximum atomic E-state index is 10.8. The van der Waals surface area contributed by atoms with Crippen molar-refractivity contribution in [2.45, 2.75) is 13.3 Å². The van der Waals surface area contributed by atoms with Gasteiger partial charge in [0.2, 0.25) is 5.91 Å². The molecule has 5 N–H and O–H groups in total. The van der Waals surface area contributed by atoms with Gasteiger partial charge >= 0.3 is 0 Å². The van der Waals surface area contributed by atoms with Gasteiger partial charge in [-0.05, 0) is 0 Å². The minimum absolute atomic E-state index is 0.00560. The van der Waals surface area contributed by atoms with Crippen LogP contribution >= 0.6 is 0 Å². The van der Waals surface area contributed by atoms with Crippen LogP contribution in [0.1, 0.15) is 13.3 Å². The van der Waals surface area contributed by atoms with Crippen LogP contribution in [0, 0.1) is 5.92 Å². The summed E-state index contributed by atoms with van der Waals surface area (Å²) < 4.78 is 0. The highest BCUT2D eigenvalue weighted by molar-refractivity contribution is 5.82. The number of rotatable bonds is 6. The predicted octanol–water partition coefficient (Wildman–Crippen LogP) is -0.905. The molecule has 0 fully saturated rings. The number of nitrogens with zero attached hydrogens (tertiary/aromatic N) is 1. The zero-order chi connectivity index (χ0) is 11.0. The van der Waals surface area contributed by atoms with Gasteiger partial charge in [0.15, 0.2) is 0 Å². The van der Waals surface area contributed by atoms with Gasteiger partial charge in [-0.15, -0.1) is 0 Å². The smallest absolute Gasteiger partial charge is 0.221 e. The Morgan fingerprint density at radius 1 is 1.64 bits per heavy atom. The van der Waals surface area contributed by atoms with Gasteiger partial charge in [-0.25, -0.2) is 0 Å². The van der Waals surface area contributed by atoms with Crippen molar-refractivity contribution in [1.82, 2.24) is 10.6 Å². The number of hydrogen-bond acceptors (Lipinski definition) is 4. The third-order valence-corrected chi connectivity index (χ3v) is 1.88. The number of nitrogens with one attached hydrogen (secondary N) is 2. The lowest BCUT2D eigenvalue weighted by atomic mass is 10.1. The topological polar surface area (TPSA) is 99.7 Å². The molecule has 0 aliphatic rings. The molecule has 0 saturated heterocycles. The molecular formula is C8H18N4O2. The van der Waals surface area contributed by atoms with Gasteiger partial charge in [0.05, 0.1) is 0 Å². The average molecular weight is 202 g/mol. The number of oxime groups is 1. The Morgan fingerprint density at radius 2 is 2.29 bits per heavy atom. The Labute approximate surface area is 83.5 Å². The number of hydrogen-bond donors (Lipinski definition) is 4. The predicted molar refractivity (Wildman–Crippen MR) is 54.1 cm³/mol. The summed E-state index contributed by atoms with van der Waals surface area (Å²) in [6, 6.07) is 0. The average Bonchev–Trinajstić information content (AvgIpc) is 2.22. The zero-order valence-electron chi connectivity index (χ0n) is 8.58. The second kappa shape index (κ2) is 7.14. The monoisotopic (exact) mass is 202 g/mol. The molecule has 0 spiro atoms. The molecule has 82 valence electrons. The molecule has 0 aliphatic carbocycles. The molecule has 1 amide bonds. The molecule has 14 heavy (non-hydrogen) atoms. The summed E-state index contributed by atoms with van der Waals surface area (Å²) in [6.07, 6.45) is 0.430. The molecule has 0 heterocycles. The summed E-state index contributed by atoms with van der Waals surface area (Å²) in [7, 11) is 1.60. The fourth-order valence-corrected chi connectivity index (χ4v) is 0.849. The first-order valence-electron chi connectivity index (χ1n) is 4.50. The minimum atomic E-state index is -0.0373. The molecule has 0 rings (SSSR count). The number of carbonyl (C=O) groups excluding carboxylic acids is 1. The fourth-order valence-electron chi connectivity index (χ4n) is 0.849. The van der Waals surface area contributed by atoms with Crippen LogP contribution in [0.3, 0.4) is 0 Å². The highest BCUT2D eigenvalue weighted by atomic mass is 16.4. The van der Waals surface area contributed by atoms with Gasteiger partial charge in [-0.3, -0.25) is 4.79 Å². The zero-order valence-corrected chi connectivity index (χ0v) is 8.58. The van der Waals surface area contributed by atoms with E-state index in [4.69, 9.17) is 10.9 Å². The Morgan fingerprint density at radius 3 is 2.79 bits per heavy atom. The molecule has 0 aromatic carbocycles. The van der Waals surface area contributed by atoms with E-state index in [0.29, 0.717) is 19.5 Å². The molecule has 0 radical (unpaired) electrons. The van der Waals surface area contributed by atoms with E-state index >= 15 is 0 Å². The van der Waals surface area contributed by atoms with E-state index in [0.717, 1.165) is 0 Å². The fraction of sp³-hybridized carbons (Fsp3) is 0.750. The van der Waals surface area contributed by atoms with Gasteiger partial charge < -0.3 is 21.6 Å². The van der Waals surface area contributed by atoms with Crippen LogP contribution < -0.4 is 16.4 Å². The lowest BCUT2D eigenvalue weighted by molar-refractivity contribution is -0.120. The molecule has 0 aromatic rings. The van der Waals surface area contributed by atoms with Crippen LogP contribution in [0.25, 0.3) is 0 Å². The molecule has 0 aliphatic heterocycles. The maximum absolute atomic E-state index is 10.8. The van der Waals surface area contributed by atoms with Crippen molar-refractivity contribution in [3.63, 3.8) is 0 Å². The number of carbonyl (C=O) groups is 1. The Balaban J connectivity index is 3.50. The normalized spacial score (nSPS) is 13.7. The quantitative estimate of drug-likeness (QED) is 0.147. The molecule has 1 unspecified atom stereocenters. The van der Waals surface area contributed by atoms with Crippen molar-refractivity contribution in [3.8, 4) is 0 Å². The molecule has 0 aromatic heterocycles. The summed E-state index contributed by atoms with van der Waals surface area (Å²) in [5, 5.41) is 16.8. The van der Waals surface area contributed by atoms with Crippen molar-refractivity contribution in [2.24, 2.45) is 16.8 Å². The second-order valence-electron chi connectivity index (χ2n) is 3.05. The van der Waals surface area contributed by atoms with E-state index in [9.17, 15) is 4.79 Å². The van der Waals surface area contributed by atoms with Crippen LogP contribution in [-0.2, 0) is 4.79 Å². The first-order chi connectivity index (χ1) is 6.61. The van der Waals surface area contributed by atoms with E-state index in [1.807, 2.05) is 6.92 Å². The SMILES string of the molecule is CNC(=O)CCNCC(C)C(N)=NO. The highest BCUT2D eigenvalue weighted by Gasteiger charge is 2.06. The van der Waals surface area contributed by atoms with Crippen LogP contribution in [0.2, 0.25) is 0 Å². The van der Waals surface area contributed by atoms with Crippen molar-refractivity contribution in [2.75, 3.05) is 20.1 Å². The third kappa shape index (κ3) is 5.36. The van der Waals surface area contributed by atoms with E-state index in [1.165, 1.54) is 0 Å². The third-order valence-electron chi connectivity index (χ3n) is 1.88. The lowest BCUT2D eigenvalue weighted by Crippen LogP contribution is -2.33. The first kappa shape index (κ1) is 12.7. The van der Waals surface area contributed by atoms with Gasteiger partial charge in [-0.2, -0.15) is 0 Å². The van der Waals surface area contributed by atoms with Crippen molar-refractivity contribution < 1.29 is 10.0 Å². The lowest BCUT2D eigenvalue weighted by Gasteiger charge is -2.10. The maximum Gasteiger partial charge on any atom is 0.221 e. The Hall–Kier alpha value is -1.30. The van der Waals surface area contributed by atoms with Gasteiger partial charge in [0.25, 0.3) is 0 Å². The van der Waals surface area contributed by atoms with Crippen molar-refractivity contribution in [3.05, 3.63) is 0 Å². The molecule has 6 nitrogen and oxygen atoms in total. The highest BCUT2D eigenvalue weighted by Crippen LogP contribution is 1.91. The van der Waals surface area contributed by atoms with E-state index < -0.39 is 0 Å². The van der Waals surface area contributed by atoms with Crippen LogP contribution in [0.15, 0.2) is 5.16 Å². The molecule has 0 saturated carbocycles. The van der Waals surface area contributed by atoms with Gasteiger partial charge in [0, 0.05) is 32.5 Å².